The number of hydrazine groups is 1. The van der Waals surface area contributed by atoms with E-state index in [0.29, 0.717) is 11.7 Å². The number of benzene rings is 1. The van der Waals surface area contributed by atoms with Crippen molar-refractivity contribution in [3.05, 3.63) is 33.9 Å². The lowest BCUT2D eigenvalue weighted by molar-refractivity contribution is 0.0598. The van der Waals surface area contributed by atoms with E-state index in [2.05, 4.69) is 0 Å². The quantitative estimate of drug-likeness (QED) is 0.348. The van der Waals surface area contributed by atoms with E-state index < -0.39 is 23.0 Å². The molecule has 175 valence electrons. The first-order valence-electron chi connectivity index (χ1n) is 10.7. The summed E-state index contributed by atoms with van der Waals surface area (Å²) in [5.74, 6) is -2.11. The minimum Gasteiger partial charge on any atom is -0.492 e. The van der Waals surface area contributed by atoms with Gasteiger partial charge in [0.1, 0.15) is 11.3 Å². The van der Waals surface area contributed by atoms with E-state index in [1.54, 1.807) is 9.47 Å². The summed E-state index contributed by atoms with van der Waals surface area (Å²) >= 11 is 0. The second kappa shape index (κ2) is 9.49. The molecule has 10 nitrogen and oxygen atoms in total. The summed E-state index contributed by atoms with van der Waals surface area (Å²) in [6, 6.07) is 1.14. The number of anilines is 1. The predicted octanol–water partition coefficient (Wildman–Crippen LogP) is 0.708. The minimum atomic E-state index is -0.796. The number of halogens is 1. The van der Waals surface area contributed by atoms with Gasteiger partial charge in [-0.05, 0) is 18.9 Å². The van der Waals surface area contributed by atoms with Crippen LogP contribution in [-0.4, -0.2) is 88.1 Å². The molecule has 1 aromatic heterocycles. The second-order valence-corrected chi connectivity index (χ2v) is 8.03. The van der Waals surface area contributed by atoms with Crippen molar-refractivity contribution in [3.8, 4) is 5.75 Å². The summed E-state index contributed by atoms with van der Waals surface area (Å²) in [4.78, 5) is 51.2. The van der Waals surface area contributed by atoms with Crippen molar-refractivity contribution in [2.75, 3.05) is 45.3 Å². The van der Waals surface area contributed by atoms with Crippen LogP contribution in [0.25, 0.3) is 10.9 Å². The lowest BCUT2D eigenvalue weighted by Gasteiger charge is -2.30. The first-order chi connectivity index (χ1) is 16.3. The number of methoxy groups -OCH3 is 2. The Kier molecular flexibility index (Phi) is 6.65. The Labute approximate surface area is 196 Å². The summed E-state index contributed by atoms with van der Waals surface area (Å²) in [5, 5.41) is 1.21. The van der Waals surface area contributed by atoms with E-state index in [4.69, 9.17) is 17.3 Å². The van der Waals surface area contributed by atoms with Crippen molar-refractivity contribution in [1.29, 1.82) is 0 Å². The monoisotopic (exact) mass is 467 g/mol. The molecule has 1 aromatic carbocycles. The fourth-order valence-electron chi connectivity index (χ4n) is 4.31. The zero-order chi connectivity index (χ0) is 24.6. The number of rotatable bonds is 6. The van der Waals surface area contributed by atoms with Gasteiger partial charge in [0.2, 0.25) is 13.3 Å². The van der Waals surface area contributed by atoms with E-state index in [1.807, 2.05) is 0 Å². The van der Waals surface area contributed by atoms with Crippen LogP contribution in [0.3, 0.4) is 0 Å². The molecule has 1 aliphatic carbocycles. The normalized spacial score (nSPS) is 16.8. The van der Waals surface area contributed by atoms with Crippen molar-refractivity contribution < 1.29 is 28.2 Å². The lowest BCUT2D eigenvalue weighted by atomic mass is 9.96. The number of fused-ring (bicyclic) bond motifs is 1. The number of hydrogen-bond acceptors (Lipinski definition) is 8. The molecule has 1 aliphatic heterocycles. The van der Waals surface area contributed by atoms with Gasteiger partial charge in [0, 0.05) is 31.9 Å². The molecule has 2 heterocycles. The van der Waals surface area contributed by atoms with Gasteiger partial charge in [-0.3, -0.25) is 19.5 Å². The molecule has 4 rings (SSSR count). The summed E-state index contributed by atoms with van der Waals surface area (Å²) in [6.07, 6.45) is 3.65. The van der Waals surface area contributed by atoms with Crippen LogP contribution in [0, 0.1) is 5.82 Å². The summed E-state index contributed by atoms with van der Waals surface area (Å²) < 4.78 is 27.7. The number of aromatic nitrogens is 1. The maximum absolute atomic E-state index is 15.6. The van der Waals surface area contributed by atoms with Crippen LogP contribution in [0.2, 0.25) is 0 Å². The molecule has 0 N–H and O–H groups in total. The van der Waals surface area contributed by atoms with Crippen molar-refractivity contribution in [2.45, 2.75) is 18.9 Å². The molecular formula is C21H22B2FN4O6. The van der Waals surface area contributed by atoms with Crippen LogP contribution in [0.1, 0.15) is 29.2 Å². The van der Waals surface area contributed by atoms with Gasteiger partial charge in [-0.15, -0.1) is 0 Å². The van der Waals surface area contributed by atoms with Gasteiger partial charge in [-0.25, -0.2) is 9.18 Å². The molecule has 0 bridgehead atoms. The molecule has 34 heavy (non-hydrogen) atoms. The molecule has 1 saturated heterocycles. The third-order valence-corrected chi connectivity index (χ3v) is 6.04. The molecule has 0 atom stereocenters. The zero-order valence-corrected chi connectivity index (χ0v) is 18.8. The van der Waals surface area contributed by atoms with Crippen LogP contribution >= 0.6 is 0 Å². The molecule has 2 aromatic rings. The van der Waals surface area contributed by atoms with Crippen LogP contribution in [0.4, 0.5) is 14.9 Å². The number of pyridine rings is 1. The highest BCUT2D eigenvalue weighted by Crippen LogP contribution is 2.43. The van der Waals surface area contributed by atoms with Crippen LogP contribution in [-0.2, 0) is 9.53 Å². The number of carbonyl (C=O) groups is 3. The number of esters is 1. The lowest BCUT2D eigenvalue weighted by Crippen LogP contribution is -2.49. The third kappa shape index (κ3) is 4.15. The molecule has 1 saturated carbocycles. The zero-order valence-electron chi connectivity index (χ0n) is 18.8. The summed E-state index contributed by atoms with van der Waals surface area (Å²) in [6.45, 7) is 0.704. The fraction of sp³-hybridized carbons (Fsp3) is 0.429. The van der Waals surface area contributed by atoms with E-state index in [9.17, 15) is 19.2 Å². The molecule has 2 fully saturated rings. The van der Waals surface area contributed by atoms with Crippen molar-refractivity contribution >= 4 is 49.8 Å². The van der Waals surface area contributed by atoms with Crippen LogP contribution < -0.4 is 15.1 Å². The van der Waals surface area contributed by atoms with Crippen LogP contribution in [0.5, 0.6) is 5.75 Å². The Hall–Kier alpha value is -3.34. The SMILES string of the molecule is [B]C(=O)N1CCN(c2c(F)cc3c(=O)c(C(=O)OC)cn(C4CC4)c3c2OC)CCN1[B]C=O. The van der Waals surface area contributed by atoms with Gasteiger partial charge in [0.15, 0.2) is 17.4 Å². The Balaban J connectivity index is 1.87. The summed E-state index contributed by atoms with van der Waals surface area (Å²) in [5.41, 5.74) is -0.327. The number of amides is 1. The molecule has 0 spiro atoms. The smallest absolute Gasteiger partial charge is 0.343 e. The molecule has 1 amide bonds. The third-order valence-electron chi connectivity index (χ3n) is 6.04. The van der Waals surface area contributed by atoms with Crippen molar-refractivity contribution in [2.24, 2.45) is 0 Å². The number of nitrogens with zero attached hydrogens (tertiary/aromatic N) is 4. The molecule has 13 heteroatoms. The van der Waals surface area contributed by atoms with Gasteiger partial charge in [0.05, 0.1) is 37.9 Å². The fourth-order valence-corrected chi connectivity index (χ4v) is 4.31. The minimum absolute atomic E-state index is 0.0115. The maximum Gasteiger partial charge on any atom is 0.343 e. The highest BCUT2D eigenvalue weighted by Gasteiger charge is 2.33. The average Bonchev–Trinajstić information content (AvgIpc) is 3.66. The molecule has 2 aliphatic rings. The predicted molar refractivity (Wildman–Crippen MR) is 124 cm³/mol. The van der Waals surface area contributed by atoms with Gasteiger partial charge < -0.3 is 23.7 Å². The number of carbonyl (C=O) groups excluding carboxylic acids is 3. The Bertz CT molecular complexity index is 1220. The maximum atomic E-state index is 15.6. The second-order valence-electron chi connectivity index (χ2n) is 8.03. The highest BCUT2D eigenvalue weighted by molar-refractivity contribution is 6.65. The van der Waals surface area contributed by atoms with Gasteiger partial charge in [-0.2, -0.15) is 0 Å². The molecular weight excluding hydrogens is 445 g/mol. The highest BCUT2D eigenvalue weighted by atomic mass is 19.1. The van der Waals surface area contributed by atoms with Crippen molar-refractivity contribution in [3.63, 3.8) is 0 Å². The van der Waals surface area contributed by atoms with Crippen molar-refractivity contribution in [1.82, 2.24) is 14.5 Å². The van der Waals surface area contributed by atoms with E-state index >= 15 is 4.39 Å². The van der Waals surface area contributed by atoms with E-state index in [1.165, 1.54) is 37.8 Å². The largest absolute Gasteiger partial charge is 0.492 e. The Morgan fingerprint density at radius 1 is 1.21 bits per heavy atom. The number of ether oxygens (including phenoxy) is 2. The summed E-state index contributed by atoms with van der Waals surface area (Å²) in [7, 11) is 9.19. The first-order valence-corrected chi connectivity index (χ1v) is 10.7. The van der Waals surface area contributed by atoms with Crippen LogP contribution in [0.15, 0.2) is 17.1 Å². The topological polar surface area (TPSA) is 101 Å². The Morgan fingerprint density at radius 2 is 1.91 bits per heavy atom. The van der Waals surface area contributed by atoms with Gasteiger partial charge in [-0.1, -0.05) is 0 Å². The van der Waals surface area contributed by atoms with Gasteiger partial charge >= 0.3 is 13.4 Å². The number of hydrogen-bond donors (Lipinski definition) is 0. The first kappa shape index (κ1) is 23.8. The van der Waals surface area contributed by atoms with E-state index in [-0.39, 0.29) is 54.6 Å². The Morgan fingerprint density at radius 3 is 2.50 bits per heavy atom. The average molecular weight is 467 g/mol. The standard InChI is InChI=1S/C21H22B2FN4O6/c1-33-19-16-13(18(30)14(20(31)34-2)10-26(16)12-3-4-12)9-15(24)17(19)25-5-7-27(21(22)32)28(8-6-25)23-11-29/h9-12H,3-8H2,1-2H3. The van der Waals surface area contributed by atoms with E-state index in [0.717, 1.165) is 18.9 Å². The molecule has 0 unspecified atom stereocenters. The molecule has 3 radical (unpaired) electrons. The van der Waals surface area contributed by atoms with Gasteiger partial charge in [0.25, 0.3) is 0 Å².